The zero-order chi connectivity index (χ0) is 14.4. The highest BCUT2D eigenvalue weighted by molar-refractivity contribution is 7.80. The summed E-state index contributed by atoms with van der Waals surface area (Å²) in [6, 6.07) is 19.1. The molecular formula is C16H18N2OS. The minimum Gasteiger partial charge on any atom is -0.386 e. The predicted octanol–water partition coefficient (Wildman–Crippen LogP) is 3.10. The minimum absolute atomic E-state index is 0.180. The highest BCUT2D eigenvalue weighted by Crippen LogP contribution is 2.16. The number of hydrogen-bond acceptors (Lipinski definition) is 2. The van der Waals surface area contributed by atoms with Crippen molar-refractivity contribution in [3.05, 3.63) is 66.2 Å². The Bertz CT molecular complexity index is 545. The number of thiocarbonyl (C=S) groups is 1. The van der Waals surface area contributed by atoms with E-state index in [1.165, 1.54) is 0 Å². The SMILES string of the molecule is C[C@H](NC(=S)Nc1ccccc1)[C@H](O)c1ccccc1. The van der Waals surface area contributed by atoms with Crippen molar-refractivity contribution in [1.82, 2.24) is 5.32 Å². The fraction of sp³-hybridized carbons (Fsp3) is 0.188. The van der Waals surface area contributed by atoms with E-state index in [2.05, 4.69) is 10.6 Å². The van der Waals surface area contributed by atoms with E-state index in [1.807, 2.05) is 67.6 Å². The molecular weight excluding hydrogens is 268 g/mol. The molecule has 3 nitrogen and oxygen atoms in total. The Morgan fingerprint density at radius 1 is 1.00 bits per heavy atom. The van der Waals surface area contributed by atoms with E-state index in [0.717, 1.165) is 11.3 Å². The van der Waals surface area contributed by atoms with Crippen molar-refractivity contribution in [2.45, 2.75) is 19.1 Å². The van der Waals surface area contributed by atoms with Gasteiger partial charge in [-0.05, 0) is 36.8 Å². The van der Waals surface area contributed by atoms with E-state index in [9.17, 15) is 5.11 Å². The number of benzene rings is 2. The third-order valence-corrected chi connectivity index (χ3v) is 3.23. The van der Waals surface area contributed by atoms with Crippen LogP contribution in [0.1, 0.15) is 18.6 Å². The lowest BCUT2D eigenvalue weighted by Crippen LogP contribution is -2.39. The normalized spacial score (nSPS) is 13.3. The van der Waals surface area contributed by atoms with Gasteiger partial charge in [0.05, 0.1) is 12.1 Å². The van der Waals surface area contributed by atoms with E-state index in [0.29, 0.717) is 5.11 Å². The first-order chi connectivity index (χ1) is 9.66. The fourth-order valence-electron chi connectivity index (χ4n) is 1.91. The van der Waals surface area contributed by atoms with Gasteiger partial charge in [0.25, 0.3) is 0 Å². The smallest absolute Gasteiger partial charge is 0.171 e. The van der Waals surface area contributed by atoms with Gasteiger partial charge in [-0.1, -0.05) is 48.5 Å². The van der Waals surface area contributed by atoms with E-state index in [4.69, 9.17) is 12.2 Å². The van der Waals surface area contributed by atoms with Crippen LogP contribution in [0, 0.1) is 0 Å². The molecule has 4 heteroatoms. The van der Waals surface area contributed by atoms with E-state index in [1.54, 1.807) is 0 Å². The van der Waals surface area contributed by atoms with Crippen molar-refractivity contribution in [3.8, 4) is 0 Å². The van der Waals surface area contributed by atoms with E-state index < -0.39 is 6.10 Å². The maximum atomic E-state index is 10.3. The fourth-order valence-corrected chi connectivity index (χ4v) is 2.22. The van der Waals surface area contributed by atoms with Crippen LogP contribution in [0.3, 0.4) is 0 Å². The summed E-state index contributed by atoms with van der Waals surface area (Å²) in [6.45, 7) is 1.90. The van der Waals surface area contributed by atoms with Crippen molar-refractivity contribution in [2.24, 2.45) is 0 Å². The topological polar surface area (TPSA) is 44.3 Å². The lowest BCUT2D eigenvalue weighted by molar-refractivity contribution is 0.145. The Balaban J connectivity index is 1.91. The van der Waals surface area contributed by atoms with Crippen molar-refractivity contribution in [2.75, 3.05) is 5.32 Å². The average Bonchev–Trinajstić information content (AvgIpc) is 2.48. The number of rotatable bonds is 4. The highest BCUT2D eigenvalue weighted by atomic mass is 32.1. The largest absolute Gasteiger partial charge is 0.386 e. The Labute approximate surface area is 124 Å². The monoisotopic (exact) mass is 286 g/mol. The maximum absolute atomic E-state index is 10.3. The first-order valence-electron chi connectivity index (χ1n) is 6.52. The molecule has 0 aromatic heterocycles. The molecule has 0 aliphatic carbocycles. The van der Waals surface area contributed by atoms with Gasteiger partial charge >= 0.3 is 0 Å². The van der Waals surface area contributed by atoms with Gasteiger partial charge in [0.1, 0.15) is 0 Å². The van der Waals surface area contributed by atoms with Gasteiger partial charge < -0.3 is 15.7 Å². The highest BCUT2D eigenvalue weighted by Gasteiger charge is 2.16. The Morgan fingerprint density at radius 3 is 2.15 bits per heavy atom. The lowest BCUT2D eigenvalue weighted by Gasteiger charge is -2.22. The van der Waals surface area contributed by atoms with Crippen LogP contribution in [0.25, 0.3) is 0 Å². The predicted molar refractivity (Wildman–Crippen MR) is 86.7 cm³/mol. The number of hydrogen-bond donors (Lipinski definition) is 3. The summed E-state index contributed by atoms with van der Waals surface area (Å²) in [7, 11) is 0. The van der Waals surface area contributed by atoms with Crippen LogP contribution in [-0.2, 0) is 0 Å². The van der Waals surface area contributed by atoms with E-state index >= 15 is 0 Å². The van der Waals surface area contributed by atoms with Crippen LogP contribution in [0.2, 0.25) is 0 Å². The third-order valence-electron chi connectivity index (χ3n) is 3.01. The van der Waals surface area contributed by atoms with Gasteiger partial charge in [0.2, 0.25) is 0 Å². The summed E-state index contributed by atoms with van der Waals surface area (Å²) < 4.78 is 0. The Hall–Kier alpha value is -1.91. The zero-order valence-electron chi connectivity index (χ0n) is 11.3. The molecule has 0 saturated heterocycles. The quantitative estimate of drug-likeness (QED) is 0.756. The van der Waals surface area contributed by atoms with Crippen LogP contribution in [0.4, 0.5) is 5.69 Å². The molecule has 0 radical (unpaired) electrons. The van der Waals surface area contributed by atoms with Crippen LogP contribution in [-0.4, -0.2) is 16.3 Å². The number of aliphatic hydroxyl groups excluding tert-OH is 1. The van der Waals surface area contributed by atoms with Crippen molar-refractivity contribution >= 4 is 23.0 Å². The second-order valence-corrected chi connectivity index (χ2v) is 5.02. The standard InChI is InChI=1S/C16H18N2OS/c1-12(15(19)13-8-4-2-5-9-13)17-16(20)18-14-10-6-3-7-11-14/h2-12,15,19H,1H3,(H2,17,18,20)/t12-,15-/m0/s1. The zero-order valence-corrected chi connectivity index (χ0v) is 12.1. The summed E-state index contributed by atoms with van der Waals surface area (Å²) in [4.78, 5) is 0. The van der Waals surface area contributed by atoms with Gasteiger partial charge in [-0.3, -0.25) is 0 Å². The molecule has 2 aromatic rings. The Morgan fingerprint density at radius 2 is 1.55 bits per heavy atom. The molecule has 0 fully saturated rings. The summed E-state index contributed by atoms with van der Waals surface area (Å²) in [6.07, 6.45) is -0.605. The molecule has 20 heavy (non-hydrogen) atoms. The first kappa shape index (κ1) is 14.5. The van der Waals surface area contributed by atoms with Gasteiger partial charge in [-0.2, -0.15) is 0 Å². The molecule has 104 valence electrons. The van der Waals surface area contributed by atoms with Gasteiger partial charge in [0.15, 0.2) is 5.11 Å². The van der Waals surface area contributed by atoms with Crippen molar-refractivity contribution < 1.29 is 5.11 Å². The molecule has 0 heterocycles. The molecule has 2 atom stereocenters. The van der Waals surface area contributed by atoms with Crippen LogP contribution in [0.15, 0.2) is 60.7 Å². The number of para-hydroxylation sites is 1. The summed E-state index contributed by atoms with van der Waals surface area (Å²) in [5, 5.41) is 16.9. The van der Waals surface area contributed by atoms with Crippen molar-refractivity contribution in [3.63, 3.8) is 0 Å². The second-order valence-electron chi connectivity index (χ2n) is 4.61. The van der Waals surface area contributed by atoms with Crippen molar-refractivity contribution in [1.29, 1.82) is 0 Å². The Kier molecular flexibility index (Phi) is 5.09. The van der Waals surface area contributed by atoms with Crippen LogP contribution in [0.5, 0.6) is 0 Å². The van der Waals surface area contributed by atoms with Gasteiger partial charge in [-0.25, -0.2) is 0 Å². The molecule has 0 aliphatic heterocycles. The molecule has 2 rings (SSSR count). The number of nitrogens with one attached hydrogen (secondary N) is 2. The maximum Gasteiger partial charge on any atom is 0.171 e. The minimum atomic E-state index is -0.605. The van der Waals surface area contributed by atoms with Gasteiger partial charge in [0, 0.05) is 5.69 Å². The molecule has 2 aromatic carbocycles. The molecule has 0 spiro atoms. The molecule has 0 bridgehead atoms. The summed E-state index contributed by atoms with van der Waals surface area (Å²) in [5.74, 6) is 0. The number of aliphatic hydroxyl groups is 1. The summed E-state index contributed by atoms with van der Waals surface area (Å²) in [5.41, 5.74) is 1.79. The second kappa shape index (κ2) is 7.03. The summed E-state index contributed by atoms with van der Waals surface area (Å²) >= 11 is 5.25. The molecule has 0 amide bonds. The molecule has 0 aliphatic rings. The average molecular weight is 286 g/mol. The molecule has 0 unspecified atom stereocenters. The lowest BCUT2D eigenvalue weighted by atomic mass is 10.0. The third kappa shape index (κ3) is 4.05. The number of anilines is 1. The molecule has 3 N–H and O–H groups in total. The molecule has 0 saturated carbocycles. The van der Waals surface area contributed by atoms with Crippen LogP contribution < -0.4 is 10.6 Å². The van der Waals surface area contributed by atoms with Crippen LogP contribution >= 0.6 is 12.2 Å². The van der Waals surface area contributed by atoms with E-state index in [-0.39, 0.29) is 6.04 Å². The van der Waals surface area contributed by atoms with Gasteiger partial charge in [-0.15, -0.1) is 0 Å². The first-order valence-corrected chi connectivity index (χ1v) is 6.93.